The number of hydrogen-bond donors (Lipinski definition) is 1. The summed E-state index contributed by atoms with van der Waals surface area (Å²) in [7, 11) is -5.07. The average molecular weight is 444 g/mol. The van der Waals surface area contributed by atoms with Crippen LogP contribution in [0, 0.1) is 29.1 Å². The van der Waals surface area contributed by atoms with Crippen molar-refractivity contribution in [3.8, 4) is 0 Å². The van der Waals surface area contributed by atoms with Crippen molar-refractivity contribution in [1.82, 2.24) is 9.62 Å². The highest BCUT2D eigenvalue weighted by Crippen LogP contribution is 2.32. The topological polar surface area (TPSA) is 75.7 Å². The molecule has 0 spiro atoms. The Morgan fingerprint density at radius 1 is 1.03 bits per heavy atom. The molecule has 1 aromatic rings. The van der Waals surface area contributed by atoms with Gasteiger partial charge in [-0.3, -0.25) is 0 Å². The van der Waals surface area contributed by atoms with Gasteiger partial charge in [-0.2, -0.15) is 4.31 Å². The second kappa shape index (κ2) is 8.42. The molecule has 1 aromatic carbocycles. The van der Waals surface area contributed by atoms with Crippen LogP contribution >= 0.6 is 0 Å². The predicted octanol–water partition coefficient (Wildman–Crippen LogP) is 3.45. The van der Waals surface area contributed by atoms with E-state index in [1.807, 2.05) is 0 Å². The minimum Gasteiger partial charge on any atom is -0.444 e. The van der Waals surface area contributed by atoms with Gasteiger partial charge in [-0.1, -0.05) is 6.42 Å². The maximum Gasteiger partial charge on any atom is 0.407 e. The first kappa shape index (κ1) is 23.3. The molecule has 1 saturated heterocycles. The molecule has 1 unspecified atom stereocenters. The van der Waals surface area contributed by atoms with Crippen molar-refractivity contribution in [2.45, 2.75) is 56.6 Å². The first-order valence-corrected chi connectivity index (χ1v) is 10.2. The number of rotatable bonds is 4. The molecule has 0 aromatic heterocycles. The number of sulfonamides is 1. The number of nitrogens with zero attached hydrogens (tertiary/aromatic N) is 1. The normalized spacial score (nSPS) is 18.6. The number of amides is 1. The van der Waals surface area contributed by atoms with Crippen LogP contribution in [0.15, 0.2) is 4.90 Å². The minimum absolute atomic E-state index is 0.206. The Labute approximate surface area is 165 Å². The molecule has 1 aliphatic rings. The molecule has 1 heterocycles. The molecule has 1 N–H and O–H groups in total. The summed E-state index contributed by atoms with van der Waals surface area (Å²) in [5, 5.41) is 2.36. The van der Waals surface area contributed by atoms with E-state index in [1.54, 1.807) is 20.8 Å². The molecule has 29 heavy (non-hydrogen) atoms. The van der Waals surface area contributed by atoms with Crippen molar-refractivity contribution < 1.29 is 39.9 Å². The summed E-state index contributed by atoms with van der Waals surface area (Å²) >= 11 is 0. The summed E-state index contributed by atoms with van der Waals surface area (Å²) in [5.74, 6) is -12.0. The van der Waals surface area contributed by atoms with Gasteiger partial charge >= 0.3 is 6.09 Å². The fraction of sp³-hybridized carbons (Fsp3) is 0.588. The van der Waals surface area contributed by atoms with E-state index in [-0.39, 0.29) is 19.5 Å². The first-order valence-electron chi connectivity index (χ1n) is 8.77. The van der Waals surface area contributed by atoms with Gasteiger partial charge in [-0.25, -0.2) is 35.2 Å². The molecule has 0 bridgehead atoms. The van der Waals surface area contributed by atoms with Crippen LogP contribution in [0.5, 0.6) is 0 Å². The number of hydrogen-bond acceptors (Lipinski definition) is 4. The second-order valence-electron chi connectivity index (χ2n) is 7.55. The average Bonchev–Trinajstić information content (AvgIpc) is 2.62. The van der Waals surface area contributed by atoms with Crippen molar-refractivity contribution in [2.24, 2.45) is 0 Å². The highest BCUT2D eigenvalue weighted by Gasteiger charge is 2.40. The summed E-state index contributed by atoms with van der Waals surface area (Å²) < 4.78 is 99.6. The number of halogens is 5. The van der Waals surface area contributed by atoms with Crippen molar-refractivity contribution in [3.63, 3.8) is 0 Å². The Hall–Kier alpha value is -1.95. The van der Waals surface area contributed by atoms with Crippen LogP contribution in [0.4, 0.5) is 26.7 Å². The van der Waals surface area contributed by atoms with Crippen LogP contribution in [-0.4, -0.2) is 43.5 Å². The number of nitrogens with one attached hydrogen (secondary N) is 1. The van der Waals surface area contributed by atoms with Gasteiger partial charge in [-0.15, -0.1) is 0 Å². The molecular weight excluding hydrogens is 423 g/mol. The molecule has 0 aliphatic carbocycles. The third-order valence-electron chi connectivity index (χ3n) is 4.19. The maximum absolute atomic E-state index is 14.1. The number of carbonyl (C=O) groups is 1. The number of ether oxygens (including phenoxy) is 1. The van der Waals surface area contributed by atoms with E-state index < -0.39 is 61.7 Å². The number of piperidine rings is 1. The molecule has 6 nitrogen and oxygen atoms in total. The SMILES string of the molecule is CC(C)(C)OC(=O)NCC1CCCCN1S(=O)(=O)c1c(F)c(F)c(F)c(F)c1F. The lowest BCUT2D eigenvalue weighted by Crippen LogP contribution is -2.50. The maximum atomic E-state index is 14.1. The minimum atomic E-state index is -5.07. The third-order valence-corrected chi connectivity index (χ3v) is 6.16. The summed E-state index contributed by atoms with van der Waals surface area (Å²) in [6.45, 7) is 4.39. The molecular formula is C17H21F5N2O4S. The summed E-state index contributed by atoms with van der Waals surface area (Å²) in [6.07, 6.45) is 0.239. The van der Waals surface area contributed by atoms with Crippen molar-refractivity contribution in [2.75, 3.05) is 13.1 Å². The second-order valence-corrected chi connectivity index (χ2v) is 9.37. The lowest BCUT2D eigenvalue weighted by Gasteiger charge is -2.35. The van der Waals surface area contributed by atoms with Crippen LogP contribution in [0.25, 0.3) is 0 Å². The molecule has 0 saturated carbocycles. The number of benzene rings is 1. The van der Waals surface area contributed by atoms with Crippen molar-refractivity contribution in [1.29, 1.82) is 0 Å². The summed E-state index contributed by atoms with van der Waals surface area (Å²) in [6, 6.07) is -0.948. The molecule has 1 aliphatic heterocycles. The highest BCUT2D eigenvalue weighted by atomic mass is 32.2. The van der Waals surface area contributed by atoms with E-state index in [0.29, 0.717) is 17.1 Å². The van der Waals surface area contributed by atoms with Gasteiger partial charge in [-0.05, 0) is 33.6 Å². The van der Waals surface area contributed by atoms with Gasteiger partial charge in [0.1, 0.15) is 5.60 Å². The summed E-state index contributed by atoms with van der Waals surface area (Å²) in [4.78, 5) is 9.90. The largest absolute Gasteiger partial charge is 0.444 e. The molecule has 12 heteroatoms. The van der Waals surface area contributed by atoms with Crippen LogP contribution in [0.1, 0.15) is 40.0 Å². The van der Waals surface area contributed by atoms with E-state index in [2.05, 4.69) is 5.32 Å². The van der Waals surface area contributed by atoms with Gasteiger partial charge in [0, 0.05) is 19.1 Å². The number of alkyl carbamates (subject to hydrolysis) is 1. The number of carbonyl (C=O) groups excluding carboxylic acids is 1. The Bertz CT molecular complexity index is 873. The lowest BCUT2D eigenvalue weighted by molar-refractivity contribution is 0.0512. The van der Waals surface area contributed by atoms with E-state index >= 15 is 0 Å². The van der Waals surface area contributed by atoms with E-state index in [9.17, 15) is 35.2 Å². The molecule has 1 atom stereocenters. The van der Waals surface area contributed by atoms with Gasteiger partial charge in [0.15, 0.2) is 28.2 Å². The first-order chi connectivity index (χ1) is 13.3. The monoisotopic (exact) mass is 444 g/mol. The molecule has 164 valence electrons. The molecule has 2 rings (SSSR count). The van der Waals surface area contributed by atoms with Crippen LogP contribution in [0.3, 0.4) is 0 Å². The standard InChI is InChI=1S/C17H21F5N2O4S/c1-17(2,3)28-16(25)23-8-9-6-4-5-7-24(9)29(26,27)15-13(21)11(19)10(18)12(20)14(15)22/h9H,4-8H2,1-3H3,(H,23,25). The van der Waals surface area contributed by atoms with E-state index in [1.165, 1.54) is 0 Å². The van der Waals surface area contributed by atoms with E-state index in [0.717, 1.165) is 0 Å². The Morgan fingerprint density at radius 2 is 1.55 bits per heavy atom. The Morgan fingerprint density at radius 3 is 2.07 bits per heavy atom. The molecule has 0 radical (unpaired) electrons. The zero-order valence-corrected chi connectivity index (χ0v) is 16.8. The lowest BCUT2D eigenvalue weighted by atomic mass is 10.1. The fourth-order valence-electron chi connectivity index (χ4n) is 2.94. The fourth-order valence-corrected chi connectivity index (χ4v) is 4.75. The summed E-state index contributed by atoms with van der Waals surface area (Å²) in [5.41, 5.74) is -0.808. The van der Waals surface area contributed by atoms with Gasteiger partial charge < -0.3 is 10.1 Å². The zero-order valence-electron chi connectivity index (χ0n) is 16.0. The van der Waals surface area contributed by atoms with Crippen molar-refractivity contribution >= 4 is 16.1 Å². The van der Waals surface area contributed by atoms with Crippen molar-refractivity contribution in [3.05, 3.63) is 29.1 Å². The zero-order chi connectivity index (χ0) is 22.1. The predicted molar refractivity (Wildman–Crippen MR) is 92.0 cm³/mol. The smallest absolute Gasteiger partial charge is 0.407 e. The van der Waals surface area contributed by atoms with Gasteiger partial charge in [0.2, 0.25) is 15.8 Å². The van der Waals surface area contributed by atoms with Crippen LogP contribution in [0.2, 0.25) is 0 Å². The molecule has 1 amide bonds. The third kappa shape index (κ3) is 4.97. The highest BCUT2D eigenvalue weighted by molar-refractivity contribution is 7.89. The Kier molecular flexibility index (Phi) is 6.78. The molecule has 1 fully saturated rings. The van der Waals surface area contributed by atoms with Gasteiger partial charge in [0.25, 0.3) is 0 Å². The van der Waals surface area contributed by atoms with E-state index in [4.69, 9.17) is 4.74 Å². The van der Waals surface area contributed by atoms with Crippen LogP contribution in [-0.2, 0) is 14.8 Å². The quantitative estimate of drug-likeness (QED) is 0.439. The Balaban J connectivity index is 2.34. The van der Waals surface area contributed by atoms with Gasteiger partial charge in [0.05, 0.1) is 0 Å². The van der Waals surface area contributed by atoms with Crippen LogP contribution < -0.4 is 5.32 Å².